The molecule has 1 aromatic carbocycles. The number of likely N-dealkylation sites (tertiary alicyclic amines) is 1. The summed E-state index contributed by atoms with van der Waals surface area (Å²) in [6, 6.07) is 15.8. The Morgan fingerprint density at radius 2 is 2.03 bits per heavy atom. The Balaban J connectivity index is 1.07. The molecule has 2 aliphatic rings. The first-order valence-corrected chi connectivity index (χ1v) is 11.6. The van der Waals surface area contributed by atoms with Crippen molar-refractivity contribution in [2.45, 2.75) is 13.5 Å². The van der Waals surface area contributed by atoms with Crippen LogP contribution in [0.2, 0.25) is 0 Å². The molecule has 0 unspecified atom stereocenters. The van der Waals surface area contributed by atoms with E-state index in [0.717, 1.165) is 59.8 Å². The third-order valence-electron chi connectivity index (χ3n) is 6.91. The fourth-order valence-electron chi connectivity index (χ4n) is 5.09. The number of amides is 1. The quantitative estimate of drug-likeness (QED) is 0.443. The predicted octanol–water partition coefficient (Wildman–Crippen LogP) is 3.63. The maximum atomic E-state index is 11.1. The van der Waals surface area contributed by atoms with Crippen LogP contribution in [0.15, 0.2) is 60.9 Å². The molecular formula is C26H26N6O2. The second kappa shape index (κ2) is 8.53. The van der Waals surface area contributed by atoms with Crippen LogP contribution in [0.3, 0.4) is 0 Å². The van der Waals surface area contributed by atoms with Crippen LogP contribution < -0.4 is 10.1 Å². The average Bonchev–Trinajstić information content (AvgIpc) is 3.20. The Labute approximate surface area is 197 Å². The summed E-state index contributed by atoms with van der Waals surface area (Å²) in [4.78, 5) is 22.9. The number of hydrogen-bond donors (Lipinski definition) is 2. The topological polar surface area (TPSA) is 96.0 Å². The SMILES string of the molecule is CC(=O)NC[C@@H]1[C@H]2CN(Cc3ccc4cc(Oc5ccc(-c6ccn[nH]6)cn5)ccc4n3)C[C@@H]12. The van der Waals surface area contributed by atoms with Crippen molar-refractivity contribution in [1.29, 1.82) is 0 Å². The zero-order chi connectivity index (χ0) is 23.1. The zero-order valence-corrected chi connectivity index (χ0v) is 18.9. The first-order chi connectivity index (χ1) is 16.6. The van der Waals surface area contributed by atoms with Gasteiger partial charge in [-0.15, -0.1) is 0 Å². The van der Waals surface area contributed by atoms with E-state index in [4.69, 9.17) is 9.72 Å². The lowest BCUT2D eigenvalue weighted by atomic mass is 10.2. The maximum Gasteiger partial charge on any atom is 0.219 e. The van der Waals surface area contributed by atoms with Crippen LogP contribution in [0.4, 0.5) is 0 Å². The first-order valence-electron chi connectivity index (χ1n) is 11.6. The molecule has 4 heterocycles. The number of rotatable bonds is 7. The number of hydrogen-bond acceptors (Lipinski definition) is 6. The van der Waals surface area contributed by atoms with Crippen molar-refractivity contribution in [1.82, 2.24) is 30.4 Å². The molecule has 1 amide bonds. The molecule has 1 saturated heterocycles. The number of pyridine rings is 2. The molecule has 8 heteroatoms. The van der Waals surface area contributed by atoms with Crippen LogP contribution in [0.25, 0.3) is 22.2 Å². The van der Waals surface area contributed by atoms with Gasteiger partial charge in [0, 0.05) is 62.5 Å². The van der Waals surface area contributed by atoms with Crippen LogP contribution in [-0.2, 0) is 11.3 Å². The molecule has 8 nitrogen and oxygen atoms in total. The Kier molecular flexibility index (Phi) is 5.22. The second-order valence-electron chi connectivity index (χ2n) is 9.24. The number of benzene rings is 1. The monoisotopic (exact) mass is 454 g/mol. The summed E-state index contributed by atoms with van der Waals surface area (Å²) in [6.07, 6.45) is 3.48. The van der Waals surface area contributed by atoms with Gasteiger partial charge in [0.25, 0.3) is 0 Å². The van der Waals surface area contributed by atoms with Crippen molar-refractivity contribution >= 4 is 16.8 Å². The number of piperidine rings is 1. The summed E-state index contributed by atoms with van der Waals surface area (Å²) < 4.78 is 5.96. The van der Waals surface area contributed by atoms with Gasteiger partial charge in [-0.1, -0.05) is 6.07 Å². The molecule has 2 N–H and O–H groups in total. The molecule has 3 aromatic heterocycles. The van der Waals surface area contributed by atoms with E-state index >= 15 is 0 Å². The van der Waals surface area contributed by atoms with Crippen LogP contribution in [-0.4, -0.2) is 50.6 Å². The van der Waals surface area contributed by atoms with E-state index < -0.39 is 0 Å². The lowest BCUT2D eigenvalue weighted by molar-refractivity contribution is -0.119. The Morgan fingerprint density at radius 1 is 1.15 bits per heavy atom. The minimum absolute atomic E-state index is 0.0650. The molecule has 6 rings (SSSR count). The molecule has 4 aromatic rings. The highest BCUT2D eigenvalue weighted by Crippen LogP contribution is 2.51. The lowest BCUT2D eigenvalue weighted by Gasteiger charge is -2.19. The van der Waals surface area contributed by atoms with Gasteiger partial charge in [0.2, 0.25) is 11.8 Å². The molecule has 3 atom stereocenters. The van der Waals surface area contributed by atoms with E-state index in [2.05, 4.69) is 37.5 Å². The van der Waals surface area contributed by atoms with Gasteiger partial charge in [-0.05, 0) is 54.2 Å². The fourth-order valence-corrected chi connectivity index (χ4v) is 5.09. The molecule has 34 heavy (non-hydrogen) atoms. The summed E-state index contributed by atoms with van der Waals surface area (Å²) in [7, 11) is 0. The van der Waals surface area contributed by atoms with Crippen molar-refractivity contribution in [2.75, 3.05) is 19.6 Å². The number of fused-ring (bicyclic) bond motifs is 2. The third-order valence-corrected chi connectivity index (χ3v) is 6.91. The minimum atomic E-state index is 0.0650. The van der Waals surface area contributed by atoms with E-state index in [1.807, 2.05) is 36.4 Å². The predicted molar refractivity (Wildman–Crippen MR) is 128 cm³/mol. The van der Waals surface area contributed by atoms with E-state index in [9.17, 15) is 4.79 Å². The summed E-state index contributed by atoms with van der Waals surface area (Å²) in [6.45, 7) is 5.45. The highest BCUT2D eigenvalue weighted by molar-refractivity contribution is 5.80. The van der Waals surface area contributed by atoms with Gasteiger partial charge in [-0.3, -0.25) is 19.8 Å². The van der Waals surface area contributed by atoms with Crippen molar-refractivity contribution < 1.29 is 9.53 Å². The van der Waals surface area contributed by atoms with Gasteiger partial charge < -0.3 is 10.1 Å². The highest BCUT2D eigenvalue weighted by Gasteiger charge is 2.55. The van der Waals surface area contributed by atoms with E-state index in [-0.39, 0.29) is 5.91 Å². The number of ether oxygens (including phenoxy) is 1. The van der Waals surface area contributed by atoms with Gasteiger partial charge in [-0.25, -0.2) is 4.98 Å². The number of carbonyl (C=O) groups is 1. The van der Waals surface area contributed by atoms with Gasteiger partial charge in [0.05, 0.1) is 16.9 Å². The van der Waals surface area contributed by atoms with E-state index in [1.165, 1.54) is 0 Å². The summed E-state index contributed by atoms with van der Waals surface area (Å²) in [5, 5.41) is 10.9. The standard InChI is InChI=1S/C26H26N6O2/c1-16(33)27-12-21-22-14-32(15-23(21)22)13-19-4-2-17-10-20(5-6-24(17)30-19)34-26-7-3-18(11-28-26)25-8-9-29-31-25/h2-11,21-23H,12-15H2,1H3,(H,27,33)(H,29,31)/t21-,22-,23+. The molecule has 0 radical (unpaired) electrons. The molecule has 1 saturated carbocycles. The molecule has 172 valence electrons. The van der Waals surface area contributed by atoms with Gasteiger partial charge in [0.15, 0.2) is 0 Å². The molecule has 0 spiro atoms. The Hall–Kier alpha value is -3.78. The molecule has 2 fully saturated rings. The number of nitrogens with zero attached hydrogens (tertiary/aromatic N) is 4. The van der Waals surface area contributed by atoms with Gasteiger partial charge in [0.1, 0.15) is 5.75 Å². The van der Waals surface area contributed by atoms with Crippen molar-refractivity contribution in [3.63, 3.8) is 0 Å². The second-order valence-corrected chi connectivity index (χ2v) is 9.24. The number of aromatic amines is 1. The summed E-state index contributed by atoms with van der Waals surface area (Å²) in [5.41, 5.74) is 3.92. The van der Waals surface area contributed by atoms with Crippen LogP contribution in [0.1, 0.15) is 12.6 Å². The molecule has 1 aliphatic carbocycles. The minimum Gasteiger partial charge on any atom is -0.439 e. The summed E-state index contributed by atoms with van der Waals surface area (Å²) >= 11 is 0. The van der Waals surface area contributed by atoms with Crippen molar-refractivity contribution in [3.05, 3.63) is 66.6 Å². The number of nitrogens with one attached hydrogen (secondary N) is 2. The van der Waals surface area contributed by atoms with Gasteiger partial charge >= 0.3 is 0 Å². The van der Waals surface area contributed by atoms with Crippen LogP contribution in [0, 0.1) is 17.8 Å². The lowest BCUT2D eigenvalue weighted by Crippen LogP contribution is -2.29. The van der Waals surface area contributed by atoms with Crippen LogP contribution >= 0.6 is 0 Å². The molecule has 1 aliphatic heterocycles. The Morgan fingerprint density at radius 3 is 2.76 bits per heavy atom. The number of H-pyrrole nitrogens is 1. The average molecular weight is 455 g/mol. The van der Waals surface area contributed by atoms with Crippen molar-refractivity contribution in [3.8, 4) is 22.9 Å². The largest absolute Gasteiger partial charge is 0.439 e. The third kappa shape index (κ3) is 4.24. The number of carbonyl (C=O) groups excluding carboxylic acids is 1. The normalized spacial score (nSPS) is 21.4. The number of aromatic nitrogens is 4. The Bertz CT molecular complexity index is 1310. The highest BCUT2D eigenvalue weighted by atomic mass is 16.5. The van der Waals surface area contributed by atoms with E-state index in [1.54, 1.807) is 19.3 Å². The first kappa shape index (κ1) is 20.8. The molecule has 0 bridgehead atoms. The molecular weight excluding hydrogens is 428 g/mol. The fraction of sp³-hybridized carbons (Fsp3) is 0.308. The van der Waals surface area contributed by atoms with Crippen molar-refractivity contribution in [2.24, 2.45) is 17.8 Å². The smallest absolute Gasteiger partial charge is 0.219 e. The van der Waals surface area contributed by atoms with Crippen LogP contribution in [0.5, 0.6) is 11.6 Å². The van der Waals surface area contributed by atoms with Gasteiger partial charge in [-0.2, -0.15) is 5.10 Å². The summed E-state index contributed by atoms with van der Waals surface area (Å²) in [5.74, 6) is 3.42. The van der Waals surface area contributed by atoms with E-state index in [0.29, 0.717) is 23.6 Å². The zero-order valence-electron chi connectivity index (χ0n) is 18.9. The maximum absolute atomic E-state index is 11.1.